The number of benzene rings is 1. The summed E-state index contributed by atoms with van der Waals surface area (Å²) in [6.45, 7) is 1.71. The second-order valence-electron chi connectivity index (χ2n) is 5.43. The van der Waals surface area contributed by atoms with Crippen molar-refractivity contribution in [3.05, 3.63) is 35.1 Å². The Balaban J connectivity index is 2.37. The van der Waals surface area contributed by atoms with E-state index in [0.717, 1.165) is 25.7 Å². The third-order valence-corrected chi connectivity index (χ3v) is 4.14. The summed E-state index contributed by atoms with van der Waals surface area (Å²) >= 11 is 0. The molecule has 1 aromatic rings. The van der Waals surface area contributed by atoms with Gasteiger partial charge in [0.25, 0.3) is 0 Å². The van der Waals surface area contributed by atoms with Gasteiger partial charge in [-0.1, -0.05) is 25.0 Å². The maximum Gasteiger partial charge on any atom is 0.183 e. The number of rotatable bonds is 3. The summed E-state index contributed by atoms with van der Waals surface area (Å²) < 4.78 is 13.6. The molecule has 3 heteroatoms. The van der Waals surface area contributed by atoms with Crippen molar-refractivity contribution in [2.45, 2.75) is 38.1 Å². The first-order valence-electron chi connectivity index (χ1n) is 6.46. The second kappa shape index (κ2) is 4.81. The zero-order valence-corrected chi connectivity index (χ0v) is 11.3. The van der Waals surface area contributed by atoms with Gasteiger partial charge >= 0.3 is 0 Å². The van der Waals surface area contributed by atoms with E-state index in [9.17, 15) is 9.18 Å². The molecule has 1 aromatic carbocycles. The summed E-state index contributed by atoms with van der Waals surface area (Å²) in [6.07, 6.45) is 3.87. The van der Waals surface area contributed by atoms with Crippen molar-refractivity contribution in [1.29, 1.82) is 0 Å². The van der Waals surface area contributed by atoms with Crippen LogP contribution in [0.2, 0.25) is 0 Å². The number of carbonyl (C=O) groups is 1. The fourth-order valence-corrected chi connectivity index (χ4v) is 2.84. The molecule has 1 aliphatic rings. The van der Waals surface area contributed by atoms with Crippen LogP contribution in [0.5, 0.6) is 0 Å². The Morgan fingerprint density at radius 2 is 1.89 bits per heavy atom. The lowest BCUT2D eigenvalue weighted by Crippen LogP contribution is -2.48. The fourth-order valence-electron chi connectivity index (χ4n) is 2.84. The van der Waals surface area contributed by atoms with Crippen molar-refractivity contribution in [3.63, 3.8) is 0 Å². The molecule has 0 aliphatic heterocycles. The lowest BCUT2D eigenvalue weighted by Gasteiger charge is -2.34. The van der Waals surface area contributed by atoms with Gasteiger partial charge < -0.3 is 0 Å². The van der Waals surface area contributed by atoms with Gasteiger partial charge in [-0.15, -0.1) is 0 Å². The summed E-state index contributed by atoms with van der Waals surface area (Å²) in [6, 6.07) is 4.80. The Kier molecular flexibility index (Phi) is 3.53. The number of hydrogen-bond acceptors (Lipinski definition) is 2. The van der Waals surface area contributed by atoms with Crippen molar-refractivity contribution < 1.29 is 9.18 Å². The number of aryl methyl sites for hydroxylation is 1. The van der Waals surface area contributed by atoms with Crippen LogP contribution in [0.4, 0.5) is 4.39 Å². The van der Waals surface area contributed by atoms with Gasteiger partial charge in [0, 0.05) is 5.56 Å². The number of nitrogens with zero attached hydrogens (tertiary/aromatic N) is 1. The Morgan fingerprint density at radius 3 is 2.39 bits per heavy atom. The maximum absolute atomic E-state index is 13.6. The minimum atomic E-state index is -0.429. The fraction of sp³-hybridized carbons (Fsp3) is 0.533. The highest BCUT2D eigenvalue weighted by atomic mass is 19.1. The first-order chi connectivity index (χ1) is 8.47. The normalized spacial score (nSPS) is 18.3. The van der Waals surface area contributed by atoms with Crippen LogP contribution < -0.4 is 0 Å². The molecule has 1 fully saturated rings. The number of likely N-dealkylation sites (N-methyl/N-ethyl adjacent to an activating group) is 1. The van der Waals surface area contributed by atoms with Gasteiger partial charge in [-0.25, -0.2) is 4.39 Å². The van der Waals surface area contributed by atoms with E-state index < -0.39 is 5.54 Å². The molecule has 0 N–H and O–H groups in total. The van der Waals surface area contributed by atoms with Crippen molar-refractivity contribution in [1.82, 2.24) is 4.90 Å². The van der Waals surface area contributed by atoms with Crippen LogP contribution in [-0.4, -0.2) is 30.3 Å². The summed E-state index contributed by atoms with van der Waals surface area (Å²) in [5.74, 6) is -0.239. The summed E-state index contributed by atoms with van der Waals surface area (Å²) in [5.41, 5.74) is 0.646. The van der Waals surface area contributed by atoms with Gasteiger partial charge in [-0.2, -0.15) is 0 Å². The van der Waals surface area contributed by atoms with Gasteiger partial charge in [0.1, 0.15) is 5.82 Å². The van der Waals surface area contributed by atoms with Crippen molar-refractivity contribution in [2.75, 3.05) is 14.1 Å². The summed E-state index contributed by atoms with van der Waals surface area (Å²) in [5, 5.41) is 0. The molecule has 0 aromatic heterocycles. The molecule has 0 amide bonds. The molecule has 0 spiro atoms. The minimum absolute atomic E-state index is 0.0592. The average molecular weight is 249 g/mol. The topological polar surface area (TPSA) is 20.3 Å². The number of halogens is 1. The van der Waals surface area contributed by atoms with E-state index in [1.54, 1.807) is 19.1 Å². The van der Waals surface area contributed by atoms with Crippen LogP contribution in [0.15, 0.2) is 18.2 Å². The monoisotopic (exact) mass is 249 g/mol. The predicted molar refractivity (Wildman–Crippen MR) is 70.4 cm³/mol. The molecular formula is C15H20FNO. The molecule has 0 atom stereocenters. The highest BCUT2D eigenvalue weighted by Crippen LogP contribution is 2.36. The van der Waals surface area contributed by atoms with Gasteiger partial charge in [-0.3, -0.25) is 9.69 Å². The molecule has 1 saturated carbocycles. The summed E-state index contributed by atoms with van der Waals surface area (Å²) in [4.78, 5) is 14.7. The van der Waals surface area contributed by atoms with E-state index >= 15 is 0 Å². The maximum atomic E-state index is 13.6. The van der Waals surface area contributed by atoms with E-state index in [1.807, 2.05) is 19.0 Å². The van der Waals surface area contributed by atoms with Crippen LogP contribution in [0, 0.1) is 12.7 Å². The van der Waals surface area contributed by atoms with Crippen molar-refractivity contribution in [2.24, 2.45) is 0 Å². The van der Waals surface area contributed by atoms with Crippen molar-refractivity contribution in [3.8, 4) is 0 Å². The quantitative estimate of drug-likeness (QED) is 0.767. The Morgan fingerprint density at radius 1 is 1.28 bits per heavy atom. The van der Waals surface area contributed by atoms with Gasteiger partial charge in [0.2, 0.25) is 0 Å². The van der Waals surface area contributed by atoms with E-state index in [2.05, 4.69) is 0 Å². The number of carbonyl (C=O) groups excluding carboxylic acids is 1. The zero-order chi connectivity index (χ0) is 13.3. The molecule has 2 rings (SSSR count). The molecule has 1 aliphatic carbocycles. The standard InChI is InChI=1S/C15H20FNO/c1-11-6-7-12(10-13(11)16)14(18)15(17(2)3)8-4-5-9-15/h6-7,10H,4-5,8-9H2,1-3H3. The highest BCUT2D eigenvalue weighted by Gasteiger charge is 2.43. The molecule has 0 bridgehead atoms. The van der Waals surface area contributed by atoms with Crippen LogP contribution in [-0.2, 0) is 0 Å². The highest BCUT2D eigenvalue weighted by molar-refractivity contribution is 6.03. The van der Waals surface area contributed by atoms with E-state index in [0.29, 0.717) is 11.1 Å². The Labute approximate surface area is 108 Å². The molecule has 0 heterocycles. The van der Waals surface area contributed by atoms with Crippen LogP contribution in [0.3, 0.4) is 0 Å². The first kappa shape index (κ1) is 13.2. The minimum Gasteiger partial charge on any atom is -0.297 e. The van der Waals surface area contributed by atoms with E-state index in [4.69, 9.17) is 0 Å². The molecule has 0 radical (unpaired) electrons. The first-order valence-corrected chi connectivity index (χ1v) is 6.46. The van der Waals surface area contributed by atoms with E-state index in [1.165, 1.54) is 6.07 Å². The lowest BCUT2D eigenvalue weighted by molar-refractivity contribution is 0.0693. The average Bonchev–Trinajstić information content (AvgIpc) is 2.82. The SMILES string of the molecule is Cc1ccc(C(=O)C2(N(C)C)CCCC2)cc1F. The van der Waals surface area contributed by atoms with Gasteiger partial charge in [-0.05, 0) is 45.5 Å². The van der Waals surface area contributed by atoms with Gasteiger partial charge in [0.15, 0.2) is 5.78 Å². The Bertz CT molecular complexity index is 462. The molecule has 0 saturated heterocycles. The number of ketones is 1. The smallest absolute Gasteiger partial charge is 0.183 e. The summed E-state index contributed by atoms with van der Waals surface area (Å²) in [7, 11) is 3.88. The molecule has 18 heavy (non-hydrogen) atoms. The van der Waals surface area contributed by atoms with E-state index in [-0.39, 0.29) is 11.6 Å². The molecule has 98 valence electrons. The van der Waals surface area contributed by atoms with Crippen LogP contribution in [0.1, 0.15) is 41.6 Å². The largest absolute Gasteiger partial charge is 0.297 e. The zero-order valence-electron chi connectivity index (χ0n) is 11.3. The molecular weight excluding hydrogens is 229 g/mol. The third kappa shape index (κ3) is 2.07. The second-order valence-corrected chi connectivity index (χ2v) is 5.43. The van der Waals surface area contributed by atoms with Crippen molar-refractivity contribution >= 4 is 5.78 Å². The molecule has 0 unspecified atom stereocenters. The lowest BCUT2D eigenvalue weighted by atomic mass is 9.86. The Hall–Kier alpha value is -1.22. The number of hydrogen-bond donors (Lipinski definition) is 0. The number of Topliss-reactive ketones (excluding diaryl/α,β-unsaturated/α-hetero) is 1. The predicted octanol–water partition coefficient (Wildman–Crippen LogP) is 3.19. The van der Waals surface area contributed by atoms with Crippen LogP contribution >= 0.6 is 0 Å². The molecule has 2 nitrogen and oxygen atoms in total. The third-order valence-electron chi connectivity index (χ3n) is 4.14. The van der Waals surface area contributed by atoms with Gasteiger partial charge in [0.05, 0.1) is 5.54 Å². The van der Waals surface area contributed by atoms with Crippen LogP contribution in [0.25, 0.3) is 0 Å².